The molecule has 106 valence electrons. The van der Waals surface area contributed by atoms with Gasteiger partial charge in [0.2, 0.25) is 10.0 Å². The van der Waals surface area contributed by atoms with Gasteiger partial charge in [-0.2, -0.15) is 11.8 Å². The Morgan fingerprint density at radius 2 is 2.16 bits per heavy atom. The third-order valence-corrected chi connectivity index (χ3v) is 4.47. The lowest BCUT2D eigenvalue weighted by molar-refractivity contribution is 0.0600. The number of rotatable bonds is 6. The van der Waals surface area contributed by atoms with Gasteiger partial charge in [-0.25, -0.2) is 17.9 Å². The topological polar surface area (TPSA) is 98.5 Å². The molecule has 0 unspecified atom stereocenters. The lowest BCUT2D eigenvalue weighted by Gasteiger charge is -2.09. The van der Waals surface area contributed by atoms with Crippen LogP contribution in [0.4, 0.5) is 5.69 Å². The highest BCUT2D eigenvalue weighted by molar-refractivity contribution is 7.98. The zero-order valence-corrected chi connectivity index (χ0v) is 12.3. The maximum absolute atomic E-state index is 12.0. The summed E-state index contributed by atoms with van der Waals surface area (Å²) in [5, 5.41) is 0. The number of anilines is 1. The predicted molar refractivity (Wildman–Crippen MR) is 75.8 cm³/mol. The summed E-state index contributed by atoms with van der Waals surface area (Å²) in [5.74, 6) is 0.102. The molecular formula is C11H16N2O4S2. The second kappa shape index (κ2) is 6.78. The highest BCUT2D eigenvalue weighted by atomic mass is 32.2. The Morgan fingerprint density at radius 1 is 1.47 bits per heavy atom. The van der Waals surface area contributed by atoms with Crippen LogP contribution in [-0.2, 0) is 14.8 Å². The number of carbonyl (C=O) groups excluding carboxylic acids is 1. The van der Waals surface area contributed by atoms with Gasteiger partial charge in [-0.15, -0.1) is 0 Å². The number of methoxy groups -OCH3 is 1. The van der Waals surface area contributed by atoms with Crippen LogP contribution in [0.1, 0.15) is 10.4 Å². The fourth-order valence-electron chi connectivity index (χ4n) is 1.39. The molecule has 0 saturated heterocycles. The number of hydrogen-bond donors (Lipinski definition) is 2. The first-order chi connectivity index (χ1) is 8.92. The summed E-state index contributed by atoms with van der Waals surface area (Å²) in [7, 11) is -2.41. The standard InChI is InChI=1S/C11H16N2O4S2/c1-17-11(14)8-3-4-10(9(12)7-8)19(15,16)13-5-6-18-2/h3-4,7,13H,5-6,12H2,1-2H3. The van der Waals surface area contributed by atoms with Crippen molar-refractivity contribution >= 4 is 33.4 Å². The van der Waals surface area contributed by atoms with Crippen LogP contribution in [-0.4, -0.2) is 40.1 Å². The molecular weight excluding hydrogens is 288 g/mol. The fraction of sp³-hybridized carbons (Fsp3) is 0.364. The Morgan fingerprint density at radius 3 is 2.68 bits per heavy atom. The van der Waals surface area contributed by atoms with E-state index in [0.717, 1.165) is 0 Å². The average Bonchev–Trinajstić information content (AvgIpc) is 2.37. The highest BCUT2D eigenvalue weighted by Crippen LogP contribution is 2.20. The van der Waals surface area contributed by atoms with E-state index in [4.69, 9.17) is 5.73 Å². The Labute approximate surface area is 116 Å². The lowest BCUT2D eigenvalue weighted by atomic mass is 10.2. The quantitative estimate of drug-likeness (QED) is 0.456. The van der Waals surface area contributed by atoms with Gasteiger partial charge in [0.15, 0.2) is 0 Å². The van der Waals surface area contributed by atoms with Crippen LogP contribution >= 0.6 is 11.8 Å². The van der Waals surface area contributed by atoms with Gasteiger partial charge in [0.25, 0.3) is 0 Å². The van der Waals surface area contributed by atoms with Crippen molar-refractivity contribution in [2.24, 2.45) is 0 Å². The summed E-state index contributed by atoms with van der Waals surface area (Å²) in [6.45, 7) is 0.321. The molecule has 0 spiro atoms. The molecule has 1 aromatic rings. The molecule has 1 rings (SSSR count). The second-order valence-corrected chi connectivity index (χ2v) is 6.36. The zero-order valence-electron chi connectivity index (χ0n) is 10.7. The molecule has 0 aromatic heterocycles. The van der Waals surface area contributed by atoms with Crippen molar-refractivity contribution in [2.75, 3.05) is 31.4 Å². The van der Waals surface area contributed by atoms with Crippen molar-refractivity contribution in [3.63, 3.8) is 0 Å². The molecule has 0 amide bonds. The normalized spacial score (nSPS) is 11.3. The van der Waals surface area contributed by atoms with Crippen LogP contribution < -0.4 is 10.5 Å². The van der Waals surface area contributed by atoms with Gasteiger partial charge in [-0.3, -0.25) is 0 Å². The van der Waals surface area contributed by atoms with Gasteiger partial charge in [0.1, 0.15) is 4.90 Å². The largest absolute Gasteiger partial charge is 0.465 e. The number of esters is 1. The Bertz CT molecular complexity index is 558. The van der Waals surface area contributed by atoms with Crippen molar-refractivity contribution < 1.29 is 17.9 Å². The van der Waals surface area contributed by atoms with E-state index in [9.17, 15) is 13.2 Å². The maximum Gasteiger partial charge on any atom is 0.337 e. The molecule has 3 N–H and O–H groups in total. The first-order valence-electron chi connectivity index (χ1n) is 5.39. The molecule has 8 heteroatoms. The Hall–Kier alpha value is -1.25. The van der Waals surface area contributed by atoms with Crippen molar-refractivity contribution in [1.82, 2.24) is 4.72 Å². The third kappa shape index (κ3) is 4.12. The molecule has 0 atom stereocenters. The van der Waals surface area contributed by atoms with Crippen LogP contribution in [0.25, 0.3) is 0 Å². The van der Waals surface area contributed by atoms with Crippen LogP contribution in [0.3, 0.4) is 0 Å². The SMILES string of the molecule is COC(=O)c1ccc(S(=O)(=O)NCCSC)c(N)c1. The first-order valence-corrected chi connectivity index (χ1v) is 8.26. The number of hydrogen-bond acceptors (Lipinski definition) is 6. The van der Waals surface area contributed by atoms with Gasteiger partial charge in [0, 0.05) is 12.3 Å². The molecule has 0 saturated carbocycles. The number of ether oxygens (including phenoxy) is 1. The molecule has 1 aromatic carbocycles. The van der Waals surface area contributed by atoms with E-state index in [1.165, 1.54) is 37.1 Å². The molecule has 0 heterocycles. The monoisotopic (exact) mass is 304 g/mol. The lowest BCUT2D eigenvalue weighted by Crippen LogP contribution is -2.26. The van der Waals surface area contributed by atoms with E-state index in [1.807, 2.05) is 6.26 Å². The number of nitrogens with two attached hydrogens (primary N) is 1. The van der Waals surface area contributed by atoms with Crippen LogP contribution in [0, 0.1) is 0 Å². The van der Waals surface area contributed by atoms with E-state index < -0.39 is 16.0 Å². The van der Waals surface area contributed by atoms with Gasteiger partial charge in [-0.05, 0) is 24.5 Å². The summed E-state index contributed by atoms with van der Waals surface area (Å²) >= 11 is 1.53. The predicted octanol–water partition coefficient (Wildman–Crippen LogP) is 0.697. The molecule has 0 fully saturated rings. The van der Waals surface area contributed by atoms with Crippen molar-refractivity contribution in [3.05, 3.63) is 23.8 Å². The second-order valence-electron chi connectivity index (χ2n) is 3.63. The summed E-state index contributed by atoms with van der Waals surface area (Å²) in [6.07, 6.45) is 1.88. The Kier molecular flexibility index (Phi) is 5.64. The highest BCUT2D eigenvalue weighted by Gasteiger charge is 2.18. The van der Waals surface area contributed by atoms with E-state index in [2.05, 4.69) is 9.46 Å². The van der Waals surface area contributed by atoms with Crippen molar-refractivity contribution in [2.45, 2.75) is 4.90 Å². The fourth-order valence-corrected chi connectivity index (χ4v) is 2.97. The number of thioether (sulfide) groups is 1. The van der Waals surface area contributed by atoms with Gasteiger partial charge >= 0.3 is 5.97 Å². The van der Waals surface area contributed by atoms with E-state index in [1.54, 1.807) is 0 Å². The van der Waals surface area contributed by atoms with Crippen LogP contribution in [0.5, 0.6) is 0 Å². The van der Waals surface area contributed by atoms with E-state index >= 15 is 0 Å². The van der Waals surface area contributed by atoms with Gasteiger partial charge < -0.3 is 10.5 Å². The van der Waals surface area contributed by atoms with E-state index in [-0.39, 0.29) is 16.1 Å². The van der Waals surface area contributed by atoms with Crippen molar-refractivity contribution in [3.8, 4) is 0 Å². The minimum Gasteiger partial charge on any atom is -0.465 e. The molecule has 0 aliphatic heterocycles. The molecule has 0 aliphatic rings. The Balaban J connectivity index is 2.99. The third-order valence-electron chi connectivity index (χ3n) is 2.32. The number of sulfonamides is 1. The first kappa shape index (κ1) is 15.8. The van der Waals surface area contributed by atoms with E-state index in [0.29, 0.717) is 12.3 Å². The summed E-state index contributed by atoms with van der Waals surface area (Å²) < 4.78 is 30.9. The van der Waals surface area contributed by atoms with Gasteiger partial charge in [-0.1, -0.05) is 0 Å². The maximum atomic E-state index is 12.0. The van der Waals surface area contributed by atoms with Crippen LogP contribution in [0.15, 0.2) is 23.1 Å². The molecule has 0 radical (unpaired) electrons. The van der Waals surface area contributed by atoms with Gasteiger partial charge in [0.05, 0.1) is 18.4 Å². The van der Waals surface area contributed by atoms with Crippen molar-refractivity contribution in [1.29, 1.82) is 0 Å². The minimum atomic E-state index is -3.65. The summed E-state index contributed by atoms with van der Waals surface area (Å²) in [4.78, 5) is 11.3. The number of carbonyl (C=O) groups is 1. The number of nitrogen functional groups attached to an aromatic ring is 1. The smallest absolute Gasteiger partial charge is 0.337 e. The summed E-state index contributed by atoms with van der Waals surface area (Å²) in [6, 6.07) is 3.95. The molecule has 0 aliphatic carbocycles. The molecule has 6 nitrogen and oxygen atoms in total. The molecule has 0 bridgehead atoms. The van der Waals surface area contributed by atoms with Crippen LogP contribution in [0.2, 0.25) is 0 Å². The molecule has 19 heavy (non-hydrogen) atoms. The number of nitrogens with one attached hydrogen (secondary N) is 1. The minimum absolute atomic E-state index is 0.0135. The summed E-state index contributed by atoms with van der Waals surface area (Å²) in [5.41, 5.74) is 5.90. The number of benzene rings is 1. The zero-order chi connectivity index (χ0) is 14.5. The average molecular weight is 304 g/mol.